The lowest BCUT2D eigenvalue weighted by molar-refractivity contribution is -0.144. The van der Waals surface area contributed by atoms with Crippen molar-refractivity contribution in [2.24, 2.45) is 0 Å². The quantitative estimate of drug-likeness (QED) is 0.409. The van der Waals surface area contributed by atoms with Crippen LogP contribution in [0.15, 0.2) is 16.6 Å². The van der Waals surface area contributed by atoms with E-state index in [1.807, 2.05) is 21.9 Å². The Balaban J connectivity index is 1.69. The van der Waals surface area contributed by atoms with Gasteiger partial charge >= 0.3 is 0 Å². The SMILES string of the molecule is COCCCCN1C(=O)C2(CCOCC2)Oc2cc(Br)c(C(=O)N(C(C)C)C3CCCCC3)cc21. The Morgan fingerprint density at radius 1 is 1.20 bits per heavy atom. The van der Waals surface area contributed by atoms with E-state index >= 15 is 0 Å². The number of rotatable bonds is 8. The van der Waals surface area contributed by atoms with Gasteiger partial charge < -0.3 is 24.0 Å². The maximum Gasteiger partial charge on any atom is 0.271 e. The number of ether oxygens (including phenoxy) is 3. The van der Waals surface area contributed by atoms with Crippen LogP contribution in [-0.4, -0.2) is 67.9 Å². The molecule has 0 radical (unpaired) electrons. The average Bonchev–Trinajstić information content (AvgIpc) is 2.85. The first-order valence-electron chi connectivity index (χ1n) is 13.1. The molecule has 1 saturated carbocycles. The molecule has 1 spiro atoms. The summed E-state index contributed by atoms with van der Waals surface area (Å²) in [7, 11) is 1.69. The first-order chi connectivity index (χ1) is 16.9. The molecular formula is C27H39BrN2O5. The molecule has 0 aromatic heterocycles. The Kier molecular flexibility index (Phi) is 8.76. The third-order valence-electron chi connectivity index (χ3n) is 7.55. The third-order valence-corrected chi connectivity index (χ3v) is 8.21. The zero-order valence-electron chi connectivity index (χ0n) is 21.3. The summed E-state index contributed by atoms with van der Waals surface area (Å²) in [5.41, 5.74) is 0.372. The van der Waals surface area contributed by atoms with Crippen LogP contribution in [0.3, 0.4) is 0 Å². The molecule has 2 amide bonds. The van der Waals surface area contributed by atoms with Gasteiger partial charge in [-0.1, -0.05) is 19.3 Å². The molecule has 0 atom stereocenters. The van der Waals surface area contributed by atoms with Crippen LogP contribution in [0.2, 0.25) is 0 Å². The van der Waals surface area contributed by atoms with E-state index in [1.54, 1.807) is 7.11 Å². The third kappa shape index (κ3) is 5.54. The predicted molar refractivity (Wildman–Crippen MR) is 139 cm³/mol. The Morgan fingerprint density at radius 3 is 2.57 bits per heavy atom. The monoisotopic (exact) mass is 550 g/mol. The number of benzene rings is 1. The fraction of sp³-hybridized carbons (Fsp3) is 0.704. The molecule has 7 nitrogen and oxygen atoms in total. The van der Waals surface area contributed by atoms with Gasteiger partial charge in [-0.05, 0) is 67.6 Å². The Bertz CT molecular complexity index is 909. The van der Waals surface area contributed by atoms with Crippen molar-refractivity contribution in [1.29, 1.82) is 0 Å². The van der Waals surface area contributed by atoms with Gasteiger partial charge in [-0.25, -0.2) is 0 Å². The number of hydrogen-bond acceptors (Lipinski definition) is 5. The van der Waals surface area contributed by atoms with Crippen molar-refractivity contribution < 1.29 is 23.8 Å². The predicted octanol–water partition coefficient (Wildman–Crippen LogP) is 5.33. The Hall–Kier alpha value is -1.64. The van der Waals surface area contributed by atoms with Crippen LogP contribution >= 0.6 is 15.9 Å². The van der Waals surface area contributed by atoms with Crippen molar-refractivity contribution in [2.45, 2.75) is 89.3 Å². The maximum absolute atomic E-state index is 13.9. The van der Waals surface area contributed by atoms with Gasteiger partial charge in [-0.15, -0.1) is 0 Å². The molecule has 2 heterocycles. The van der Waals surface area contributed by atoms with Crippen molar-refractivity contribution in [3.63, 3.8) is 0 Å². The minimum Gasteiger partial charge on any atom is -0.475 e. The van der Waals surface area contributed by atoms with E-state index in [1.165, 1.54) is 6.42 Å². The van der Waals surface area contributed by atoms with E-state index in [-0.39, 0.29) is 23.9 Å². The van der Waals surface area contributed by atoms with Gasteiger partial charge in [-0.3, -0.25) is 9.59 Å². The Labute approximate surface area is 217 Å². The number of carbonyl (C=O) groups is 2. The number of anilines is 1. The van der Waals surface area contributed by atoms with Gasteiger partial charge in [0.2, 0.25) is 0 Å². The molecule has 1 aromatic rings. The molecule has 0 N–H and O–H groups in total. The smallest absolute Gasteiger partial charge is 0.271 e. The van der Waals surface area contributed by atoms with Gasteiger partial charge in [0.25, 0.3) is 11.8 Å². The topological polar surface area (TPSA) is 68.3 Å². The van der Waals surface area contributed by atoms with Gasteiger partial charge in [0.1, 0.15) is 5.75 Å². The van der Waals surface area contributed by atoms with Crippen molar-refractivity contribution in [3.05, 3.63) is 22.2 Å². The van der Waals surface area contributed by atoms with Crippen LogP contribution in [0.5, 0.6) is 5.75 Å². The summed E-state index contributed by atoms with van der Waals surface area (Å²) in [4.78, 5) is 31.6. The summed E-state index contributed by atoms with van der Waals surface area (Å²) in [6.45, 7) is 6.39. The molecule has 2 fully saturated rings. The van der Waals surface area contributed by atoms with Crippen molar-refractivity contribution in [2.75, 3.05) is 38.4 Å². The number of methoxy groups -OCH3 is 1. The molecule has 3 aliphatic rings. The molecule has 35 heavy (non-hydrogen) atoms. The number of halogens is 1. The normalized spacial score (nSPS) is 20.1. The molecule has 1 aliphatic carbocycles. The molecular weight excluding hydrogens is 512 g/mol. The lowest BCUT2D eigenvalue weighted by atomic mass is 9.89. The number of unbranched alkanes of at least 4 members (excludes halogenated alkanes) is 1. The number of amides is 2. The highest BCUT2D eigenvalue weighted by atomic mass is 79.9. The summed E-state index contributed by atoms with van der Waals surface area (Å²) >= 11 is 3.67. The van der Waals surface area contributed by atoms with E-state index in [2.05, 4.69) is 29.8 Å². The molecule has 194 valence electrons. The minimum atomic E-state index is -0.899. The second kappa shape index (κ2) is 11.6. The summed E-state index contributed by atoms with van der Waals surface area (Å²) in [6.07, 6.45) is 8.38. The van der Waals surface area contributed by atoms with E-state index in [9.17, 15) is 9.59 Å². The second-order valence-electron chi connectivity index (χ2n) is 10.3. The molecule has 4 rings (SSSR count). The molecule has 1 saturated heterocycles. The van der Waals surface area contributed by atoms with E-state index in [4.69, 9.17) is 14.2 Å². The first kappa shape index (κ1) is 26.4. The van der Waals surface area contributed by atoms with Crippen LogP contribution in [-0.2, 0) is 14.3 Å². The zero-order valence-corrected chi connectivity index (χ0v) is 22.9. The number of carbonyl (C=O) groups excluding carboxylic acids is 2. The second-order valence-corrected chi connectivity index (χ2v) is 11.1. The highest BCUT2D eigenvalue weighted by Gasteiger charge is 2.49. The lowest BCUT2D eigenvalue weighted by Crippen LogP contribution is -2.58. The van der Waals surface area contributed by atoms with Crippen LogP contribution in [0.1, 0.15) is 82.0 Å². The fourth-order valence-electron chi connectivity index (χ4n) is 5.69. The van der Waals surface area contributed by atoms with Gasteiger partial charge in [0.15, 0.2) is 5.60 Å². The maximum atomic E-state index is 13.9. The molecule has 0 bridgehead atoms. The summed E-state index contributed by atoms with van der Waals surface area (Å²) < 4.78 is 17.9. The van der Waals surface area contributed by atoms with Crippen molar-refractivity contribution in [3.8, 4) is 5.75 Å². The summed E-state index contributed by atoms with van der Waals surface area (Å²) in [5.74, 6) is 0.634. The van der Waals surface area contributed by atoms with Gasteiger partial charge in [0, 0.05) is 49.7 Å². The summed E-state index contributed by atoms with van der Waals surface area (Å²) in [5, 5.41) is 0. The Morgan fingerprint density at radius 2 is 1.91 bits per heavy atom. The van der Waals surface area contributed by atoms with Crippen LogP contribution < -0.4 is 9.64 Å². The van der Waals surface area contributed by atoms with Crippen LogP contribution in [0.25, 0.3) is 0 Å². The zero-order chi connectivity index (χ0) is 25.0. The van der Waals surface area contributed by atoms with Gasteiger partial charge in [0.05, 0.1) is 24.5 Å². The number of nitrogens with zero attached hydrogens (tertiary/aromatic N) is 2. The van der Waals surface area contributed by atoms with Crippen molar-refractivity contribution >= 4 is 33.4 Å². The van der Waals surface area contributed by atoms with Gasteiger partial charge in [-0.2, -0.15) is 0 Å². The van der Waals surface area contributed by atoms with Crippen LogP contribution in [0.4, 0.5) is 5.69 Å². The van der Waals surface area contributed by atoms with Crippen molar-refractivity contribution in [1.82, 2.24) is 4.90 Å². The number of fused-ring (bicyclic) bond motifs is 1. The fourth-order valence-corrected chi connectivity index (χ4v) is 6.18. The highest BCUT2D eigenvalue weighted by molar-refractivity contribution is 9.10. The largest absolute Gasteiger partial charge is 0.475 e. The minimum absolute atomic E-state index is 0.0136. The van der Waals surface area contributed by atoms with E-state index in [0.29, 0.717) is 60.7 Å². The summed E-state index contributed by atoms with van der Waals surface area (Å²) in [6, 6.07) is 4.10. The molecule has 0 unspecified atom stereocenters. The van der Waals surface area contributed by atoms with E-state index in [0.717, 1.165) is 38.5 Å². The molecule has 8 heteroatoms. The first-order valence-corrected chi connectivity index (χ1v) is 13.9. The van der Waals surface area contributed by atoms with Crippen LogP contribution in [0, 0.1) is 0 Å². The molecule has 2 aliphatic heterocycles. The van der Waals surface area contributed by atoms with E-state index < -0.39 is 5.60 Å². The molecule has 1 aromatic carbocycles. The lowest BCUT2D eigenvalue weighted by Gasteiger charge is -2.44. The number of hydrogen-bond donors (Lipinski definition) is 0. The average molecular weight is 552 g/mol. The standard InChI is InChI=1S/C27H39BrN2O5/c1-19(2)30(20-9-5-4-6-10-20)25(31)21-17-23-24(18-22(21)28)35-27(11-15-34-16-12-27)26(32)29(23)13-7-8-14-33-3/h17-20H,4-16H2,1-3H3. The highest BCUT2D eigenvalue weighted by Crippen LogP contribution is 2.45.